The summed E-state index contributed by atoms with van der Waals surface area (Å²) in [5, 5.41) is 7.08. The summed E-state index contributed by atoms with van der Waals surface area (Å²) < 4.78 is 7.25. The van der Waals surface area contributed by atoms with Crippen molar-refractivity contribution >= 4 is 0 Å². The fourth-order valence-corrected chi connectivity index (χ4v) is 2.20. The van der Waals surface area contributed by atoms with Crippen LogP contribution in [-0.4, -0.2) is 27.8 Å². The molecule has 0 aromatic carbocycles. The molecule has 1 N–H and O–H groups in total. The van der Waals surface area contributed by atoms with Crippen LogP contribution in [0.1, 0.15) is 23.8 Å². The van der Waals surface area contributed by atoms with Crippen LogP contribution in [0.15, 0.2) is 29.3 Å². The van der Waals surface area contributed by atoms with Gasteiger partial charge in [0.15, 0.2) is 5.76 Å². The topological polar surface area (TPSA) is 55.9 Å². The van der Waals surface area contributed by atoms with E-state index in [-0.39, 0.29) is 0 Å². The van der Waals surface area contributed by atoms with Gasteiger partial charge in [-0.2, -0.15) is 0 Å². The Labute approximate surface area is 93.5 Å². The predicted octanol–water partition coefficient (Wildman–Crippen LogP) is 0.996. The summed E-state index contributed by atoms with van der Waals surface area (Å²) in [6.07, 6.45) is 6.66. The first-order valence-corrected chi connectivity index (χ1v) is 5.54. The van der Waals surface area contributed by atoms with E-state index in [1.54, 1.807) is 6.20 Å². The summed E-state index contributed by atoms with van der Waals surface area (Å²) in [4.78, 5) is 4.22. The lowest BCUT2D eigenvalue weighted by Gasteiger charge is -2.11. The van der Waals surface area contributed by atoms with E-state index in [0.717, 1.165) is 18.8 Å². The van der Waals surface area contributed by atoms with Crippen LogP contribution < -0.4 is 5.32 Å². The van der Waals surface area contributed by atoms with Gasteiger partial charge in [0.05, 0.1) is 19.1 Å². The van der Waals surface area contributed by atoms with E-state index in [9.17, 15) is 0 Å². The average Bonchev–Trinajstić information content (AvgIpc) is 2.98. The minimum Gasteiger partial charge on any atom is -0.359 e. The smallest absolute Gasteiger partial charge is 0.156 e. The molecule has 3 heterocycles. The molecule has 1 aliphatic heterocycles. The van der Waals surface area contributed by atoms with Crippen molar-refractivity contribution < 1.29 is 4.52 Å². The van der Waals surface area contributed by atoms with Gasteiger partial charge in [-0.3, -0.25) is 0 Å². The Morgan fingerprint density at radius 2 is 2.56 bits per heavy atom. The maximum Gasteiger partial charge on any atom is 0.156 e. The molecule has 16 heavy (non-hydrogen) atoms. The third-order valence-corrected chi connectivity index (χ3v) is 3.04. The van der Waals surface area contributed by atoms with E-state index in [1.807, 2.05) is 18.6 Å². The molecule has 0 bridgehead atoms. The Kier molecular flexibility index (Phi) is 2.46. The van der Waals surface area contributed by atoms with Crippen molar-refractivity contribution in [1.82, 2.24) is 20.0 Å². The Bertz CT molecular complexity index is 442. The molecule has 0 radical (unpaired) electrons. The highest BCUT2D eigenvalue weighted by atomic mass is 16.5. The zero-order chi connectivity index (χ0) is 10.8. The first-order valence-electron chi connectivity index (χ1n) is 5.54. The lowest BCUT2D eigenvalue weighted by atomic mass is 10.1. The Hall–Kier alpha value is -1.62. The fraction of sp³-hybridized carbons (Fsp3) is 0.455. The number of rotatable bonds is 3. The highest BCUT2D eigenvalue weighted by Crippen LogP contribution is 2.22. The zero-order valence-electron chi connectivity index (χ0n) is 8.97. The number of hydrogen-bond acceptors (Lipinski definition) is 4. The lowest BCUT2D eigenvalue weighted by Crippen LogP contribution is -2.11. The van der Waals surface area contributed by atoms with E-state index < -0.39 is 0 Å². The van der Waals surface area contributed by atoms with Gasteiger partial charge in [0.1, 0.15) is 0 Å². The Morgan fingerprint density at radius 1 is 1.56 bits per heavy atom. The second kappa shape index (κ2) is 4.09. The molecule has 5 nitrogen and oxygen atoms in total. The summed E-state index contributed by atoms with van der Waals surface area (Å²) in [5.41, 5.74) is 1.28. The molecule has 0 spiro atoms. The number of hydrogen-bond donors (Lipinski definition) is 1. The maximum atomic E-state index is 5.11. The van der Waals surface area contributed by atoms with Crippen LogP contribution in [0.2, 0.25) is 0 Å². The summed E-state index contributed by atoms with van der Waals surface area (Å²) in [7, 11) is 0. The van der Waals surface area contributed by atoms with Crippen molar-refractivity contribution in [2.24, 2.45) is 0 Å². The SMILES string of the molecule is c1cc(Cn2cncc2C2CCNC2)on1. The van der Waals surface area contributed by atoms with Gasteiger partial charge >= 0.3 is 0 Å². The molecular formula is C11H14N4O. The highest BCUT2D eigenvalue weighted by Gasteiger charge is 2.20. The number of nitrogens with one attached hydrogen (secondary N) is 1. The molecule has 1 saturated heterocycles. The van der Waals surface area contributed by atoms with Crippen molar-refractivity contribution in [2.45, 2.75) is 18.9 Å². The third-order valence-electron chi connectivity index (χ3n) is 3.04. The van der Waals surface area contributed by atoms with Crippen LogP contribution in [0.3, 0.4) is 0 Å². The maximum absolute atomic E-state index is 5.11. The van der Waals surface area contributed by atoms with Crippen LogP contribution in [-0.2, 0) is 6.54 Å². The Morgan fingerprint density at radius 3 is 3.31 bits per heavy atom. The van der Waals surface area contributed by atoms with E-state index in [0.29, 0.717) is 12.5 Å². The van der Waals surface area contributed by atoms with E-state index in [1.165, 1.54) is 12.1 Å². The second-order valence-corrected chi connectivity index (χ2v) is 4.11. The van der Waals surface area contributed by atoms with Gasteiger partial charge in [-0.05, 0) is 13.0 Å². The van der Waals surface area contributed by atoms with Crippen LogP contribution in [0.25, 0.3) is 0 Å². The molecule has 0 saturated carbocycles. The fourth-order valence-electron chi connectivity index (χ4n) is 2.20. The molecule has 2 aromatic rings. The summed E-state index contributed by atoms with van der Waals surface area (Å²) in [6, 6.07) is 1.89. The molecule has 84 valence electrons. The van der Waals surface area contributed by atoms with Crippen molar-refractivity contribution in [3.05, 3.63) is 36.2 Å². The molecule has 1 aliphatic rings. The molecule has 0 aliphatic carbocycles. The molecular weight excluding hydrogens is 204 g/mol. The van der Waals surface area contributed by atoms with Crippen LogP contribution in [0.4, 0.5) is 0 Å². The highest BCUT2D eigenvalue weighted by molar-refractivity contribution is 5.11. The summed E-state index contributed by atoms with van der Waals surface area (Å²) in [5.74, 6) is 1.44. The van der Waals surface area contributed by atoms with Gasteiger partial charge in [-0.1, -0.05) is 5.16 Å². The predicted molar refractivity (Wildman–Crippen MR) is 58.1 cm³/mol. The van der Waals surface area contributed by atoms with Crippen molar-refractivity contribution in [3.8, 4) is 0 Å². The molecule has 0 amide bonds. The van der Waals surface area contributed by atoms with Gasteiger partial charge in [0, 0.05) is 30.4 Å². The van der Waals surface area contributed by atoms with Crippen LogP contribution >= 0.6 is 0 Å². The van der Waals surface area contributed by atoms with Gasteiger partial charge in [-0.15, -0.1) is 0 Å². The zero-order valence-corrected chi connectivity index (χ0v) is 8.97. The third kappa shape index (κ3) is 1.74. The molecule has 2 aromatic heterocycles. The first kappa shape index (κ1) is 9.59. The molecule has 3 rings (SSSR count). The molecule has 1 unspecified atom stereocenters. The first-order chi connectivity index (χ1) is 7.93. The molecule has 1 atom stereocenters. The summed E-state index contributed by atoms with van der Waals surface area (Å²) in [6.45, 7) is 2.85. The second-order valence-electron chi connectivity index (χ2n) is 4.11. The quantitative estimate of drug-likeness (QED) is 0.835. The lowest BCUT2D eigenvalue weighted by molar-refractivity contribution is 0.374. The Balaban J connectivity index is 1.82. The van der Waals surface area contributed by atoms with Crippen LogP contribution in [0.5, 0.6) is 0 Å². The molecule has 5 heteroatoms. The van der Waals surface area contributed by atoms with Gasteiger partial charge in [0.25, 0.3) is 0 Å². The average molecular weight is 218 g/mol. The minimum atomic E-state index is 0.574. The van der Waals surface area contributed by atoms with Gasteiger partial charge in [-0.25, -0.2) is 4.98 Å². The minimum absolute atomic E-state index is 0.574. The number of aromatic nitrogens is 3. The van der Waals surface area contributed by atoms with E-state index >= 15 is 0 Å². The van der Waals surface area contributed by atoms with Crippen LogP contribution in [0, 0.1) is 0 Å². The normalized spacial score (nSPS) is 20.4. The molecule has 1 fully saturated rings. The number of imidazole rings is 1. The van der Waals surface area contributed by atoms with E-state index in [2.05, 4.69) is 20.0 Å². The largest absolute Gasteiger partial charge is 0.359 e. The van der Waals surface area contributed by atoms with Gasteiger partial charge < -0.3 is 14.4 Å². The summed E-state index contributed by atoms with van der Waals surface area (Å²) >= 11 is 0. The number of nitrogens with zero attached hydrogens (tertiary/aromatic N) is 3. The van der Waals surface area contributed by atoms with Gasteiger partial charge in [0.2, 0.25) is 0 Å². The van der Waals surface area contributed by atoms with Crippen molar-refractivity contribution in [1.29, 1.82) is 0 Å². The standard InChI is InChI=1S/C11H14N4O/c1-3-12-5-9(1)11-6-13-8-15(11)7-10-2-4-14-16-10/h2,4,6,8-9,12H,1,3,5,7H2. The van der Waals surface area contributed by atoms with E-state index in [4.69, 9.17) is 4.52 Å². The van der Waals surface area contributed by atoms with Crippen molar-refractivity contribution in [2.75, 3.05) is 13.1 Å². The monoisotopic (exact) mass is 218 g/mol. The van der Waals surface area contributed by atoms with Crippen molar-refractivity contribution in [3.63, 3.8) is 0 Å².